The van der Waals surface area contributed by atoms with Crippen LogP contribution in [0.3, 0.4) is 0 Å². The molecule has 1 aliphatic rings. The quantitative estimate of drug-likeness (QED) is 0.837. The van der Waals surface area contributed by atoms with Gasteiger partial charge in [-0.25, -0.2) is 4.79 Å². The van der Waals surface area contributed by atoms with Crippen molar-refractivity contribution in [3.05, 3.63) is 22.7 Å². The molecule has 0 aromatic carbocycles. The molecule has 1 aliphatic heterocycles. The van der Waals surface area contributed by atoms with Crippen molar-refractivity contribution in [2.24, 2.45) is 0 Å². The summed E-state index contributed by atoms with van der Waals surface area (Å²) in [5, 5.41) is 0. The molecule has 7 nitrogen and oxygen atoms in total. The molecule has 0 aliphatic carbocycles. The number of aromatic nitrogens is 2. The predicted octanol–water partition coefficient (Wildman–Crippen LogP) is 0.163. The zero-order valence-electron chi connectivity index (χ0n) is 11.3. The molecule has 2 rings (SSSR count). The second-order valence-electron chi connectivity index (χ2n) is 4.42. The first-order valence-corrected chi connectivity index (χ1v) is 6.18. The van der Waals surface area contributed by atoms with Crippen LogP contribution in [-0.2, 0) is 14.2 Å². The van der Waals surface area contributed by atoms with Gasteiger partial charge in [-0.3, -0.25) is 4.57 Å². The highest BCUT2D eigenvalue weighted by Gasteiger charge is 2.45. The lowest BCUT2D eigenvalue weighted by molar-refractivity contribution is -0.0558. The lowest BCUT2D eigenvalue weighted by atomic mass is 10.1. The van der Waals surface area contributed by atoms with Gasteiger partial charge >= 0.3 is 5.69 Å². The van der Waals surface area contributed by atoms with Gasteiger partial charge in [-0.1, -0.05) is 6.92 Å². The first kappa shape index (κ1) is 14.0. The maximum Gasteiger partial charge on any atom is 0.351 e. The van der Waals surface area contributed by atoms with E-state index in [1.165, 1.54) is 4.57 Å². The Morgan fingerprint density at radius 2 is 2.11 bits per heavy atom. The molecule has 0 saturated carbocycles. The second-order valence-corrected chi connectivity index (χ2v) is 4.42. The van der Waals surface area contributed by atoms with E-state index in [2.05, 4.69) is 4.98 Å². The van der Waals surface area contributed by atoms with Gasteiger partial charge in [-0.05, 0) is 12.5 Å². The van der Waals surface area contributed by atoms with E-state index in [-0.39, 0.29) is 24.1 Å². The Labute approximate surface area is 111 Å². The predicted molar refractivity (Wildman–Crippen MR) is 68.7 cm³/mol. The Hall–Kier alpha value is -1.44. The fourth-order valence-electron chi connectivity index (χ4n) is 2.42. The molecule has 2 N–H and O–H groups in total. The molecule has 1 aromatic heterocycles. The van der Waals surface area contributed by atoms with E-state index in [9.17, 15) is 4.79 Å². The molecular formula is C12H19N3O4. The van der Waals surface area contributed by atoms with Crippen molar-refractivity contribution in [1.82, 2.24) is 9.55 Å². The smallest absolute Gasteiger partial charge is 0.351 e. The Morgan fingerprint density at radius 1 is 1.42 bits per heavy atom. The van der Waals surface area contributed by atoms with Gasteiger partial charge in [0.25, 0.3) is 0 Å². The van der Waals surface area contributed by atoms with Gasteiger partial charge in [-0.2, -0.15) is 4.98 Å². The zero-order chi connectivity index (χ0) is 14.0. The molecule has 19 heavy (non-hydrogen) atoms. The van der Waals surface area contributed by atoms with Gasteiger partial charge in [0.05, 0.1) is 6.10 Å². The number of hydrogen-bond donors (Lipinski definition) is 1. The Kier molecular flexibility index (Phi) is 4.18. The third-order valence-electron chi connectivity index (χ3n) is 3.36. The standard InChI is InChI=1S/C12H19N3O4/c1-4-7-9(17-2)10(18-3)11(19-7)15-6-5-8(13)14-12(15)16/h5-7,9-11H,4H2,1-3H3,(H2,13,14,16)/t7-,9+,10?,11-/m1/s1. The summed E-state index contributed by atoms with van der Waals surface area (Å²) in [4.78, 5) is 15.6. The van der Waals surface area contributed by atoms with Crippen molar-refractivity contribution in [3.63, 3.8) is 0 Å². The van der Waals surface area contributed by atoms with Crippen LogP contribution in [0, 0.1) is 0 Å². The van der Waals surface area contributed by atoms with E-state index in [1.54, 1.807) is 26.5 Å². The molecule has 1 saturated heterocycles. The van der Waals surface area contributed by atoms with Crippen LogP contribution >= 0.6 is 0 Å². The van der Waals surface area contributed by atoms with E-state index in [0.717, 1.165) is 6.42 Å². The highest BCUT2D eigenvalue weighted by molar-refractivity contribution is 5.23. The van der Waals surface area contributed by atoms with Crippen molar-refractivity contribution in [2.75, 3.05) is 20.0 Å². The average Bonchev–Trinajstić information content (AvgIpc) is 2.76. The molecule has 0 bridgehead atoms. The summed E-state index contributed by atoms with van der Waals surface area (Å²) in [7, 11) is 3.18. The van der Waals surface area contributed by atoms with Crippen molar-refractivity contribution in [3.8, 4) is 0 Å². The van der Waals surface area contributed by atoms with E-state index < -0.39 is 11.9 Å². The second kappa shape index (κ2) is 5.68. The summed E-state index contributed by atoms with van der Waals surface area (Å²) in [6, 6.07) is 1.55. The minimum atomic E-state index is -0.555. The number of nitrogen functional groups attached to an aromatic ring is 1. The third kappa shape index (κ3) is 2.49. The fraction of sp³-hybridized carbons (Fsp3) is 0.667. The largest absolute Gasteiger partial charge is 0.383 e. The van der Waals surface area contributed by atoms with Gasteiger partial charge < -0.3 is 19.9 Å². The van der Waals surface area contributed by atoms with Crippen LogP contribution in [0.25, 0.3) is 0 Å². The summed E-state index contributed by atoms with van der Waals surface area (Å²) in [6.07, 6.45) is 1.07. The molecule has 0 spiro atoms. The Bertz CT molecular complexity index is 490. The molecule has 4 atom stereocenters. The van der Waals surface area contributed by atoms with E-state index in [4.69, 9.17) is 19.9 Å². The highest BCUT2D eigenvalue weighted by Crippen LogP contribution is 2.33. The highest BCUT2D eigenvalue weighted by atomic mass is 16.6. The van der Waals surface area contributed by atoms with Crippen LogP contribution in [0.5, 0.6) is 0 Å². The average molecular weight is 269 g/mol. The van der Waals surface area contributed by atoms with Crippen LogP contribution in [0.4, 0.5) is 5.82 Å². The minimum absolute atomic E-state index is 0.121. The number of nitrogens with zero attached hydrogens (tertiary/aromatic N) is 2. The van der Waals surface area contributed by atoms with Gasteiger partial charge in [0.15, 0.2) is 6.23 Å². The van der Waals surface area contributed by atoms with Crippen molar-refractivity contribution >= 4 is 5.82 Å². The number of hydrogen-bond acceptors (Lipinski definition) is 6. The molecule has 7 heteroatoms. The third-order valence-corrected chi connectivity index (χ3v) is 3.36. The Balaban J connectivity index is 2.35. The number of methoxy groups -OCH3 is 2. The van der Waals surface area contributed by atoms with Gasteiger partial charge in [-0.15, -0.1) is 0 Å². The van der Waals surface area contributed by atoms with Crippen molar-refractivity contribution in [2.45, 2.75) is 37.9 Å². The van der Waals surface area contributed by atoms with Gasteiger partial charge in [0, 0.05) is 20.4 Å². The molecule has 2 heterocycles. The number of rotatable bonds is 4. The summed E-state index contributed by atoms with van der Waals surface area (Å²) in [6.45, 7) is 2.00. The number of anilines is 1. The van der Waals surface area contributed by atoms with Crippen molar-refractivity contribution < 1.29 is 14.2 Å². The van der Waals surface area contributed by atoms with Crippen molar-refractivity contribution in [1.29, 1.82) is 0 Å². The molecule has 1 unspecified atom stereocenters. The van der Waals surface area contributed by atoms with Crippen LogP contribution in [0.2, 0.25) is 0 Å². The topological polar surface area (TPSA) is 88.6 Å². The molecule has 106 valence electrons. The lowest BCUT2D eigenvalue weighted by Gasteiger charge is -2.22. The summed E-state index contributed by atoms with van der Waals surface area (Å²) in [5.41, 5.74) is 5.02. The minimum Gasteiger partial charge on any atom is -0.383 e. The maximum atomic E-state index is 11.9. The summed E-state index contributed by atoms with van der Waals surface area (Å²) >= 11 is 0. The monoisotopic (exact) mass is 269 g/mol. The first-order chi connectivity index (χ1) is 9.12. The van der Waals surface area contributed by atoms with E-state index in [1.807, 2.05) is 6.92 Å². The molecule has 1 aromatic rings. The van der Waals surface area contributed by atoms with Gasteiger partial charge in [0.1, 0.15) is 18.0 Å². The summed E-state index contributed by atoms with van der Waals surface area (Å²) < 4.78 is 18.1. The fourth-order valence-corrected chi connectivity index (χ4v) is 2.42. The number of nitrogens with two attached hydrogens (primary N) is 1. The lowest BCUT2D eigenvalue weighted by Crippen LogP contribution is -2.37. The van der Waals surface area contributed by atoms with E-state index >= 15 is 0 Å². The normalized spacial score (nSPS) is 30.7. The number of ether oxygens (including phenoxy) is 3. The summed E-state index contributed by atoms with van der Waals surface area (Å²) in [5.74, 6) is 0.184. The molecule has 1 fully saturated rings. The van der Waals surface area contributed by atoms with Gasteiger partial charge in [0.2, 0.25) is 0 Å². The maximum absolute atomic E-state index is 11.9. The van der Waals surface area contributed by atoms with Crippen LogP contribution in [0.15, 0.2) is 17.1 Å². The molecule has 0 amide bonds. The molecule has 0 radical (unpaired) electrons. The van der Waals surface area contributed by atoms with E-state index in [0.29, 0.717) is 0 Å². The van der Waals surface area contributed by atoms with Crippen LogP contribution in [0.1, 0.15) is 19.6 Å². The van der Waals surface area contributed by atoms with Crippen LogP contribution in [-0.4, -0.2) is 42.1 Å². The first-order valence-electron chi connectivity index (χ1n) is 6.18. The molecular weight excluding hydrogens is 250 g/mol. The zero-order valence-corrected chi connectivity index (χ0v) is 11.3. The van der Waals surface area contributed by atoms with Crippen LogP contribution < -0.4 is 11.4 Å². The SMILES string of the molecule is CC[C@H]1O[C@@H](n2ccc(N)nc2=O)C(OC)[C@H]1OC. The Morgan fingerprint density at radius 3 is 2.63 bits per heavy atom.